The smallest absolute Gasteiger partial charge is 0.273 e. The van der Waals surface area contributed by atoms with Crippen molar-refractivity contribution in [2.45, 2.75) is 5.33 Å². The van der Waals surface area contributed by atoms with Crippen LogP contribution >= 0.6 is 15.9 Å². The summed E-state index contributed by atoms with van der Waals surface area (Å²) in [6, 6.07) is 1.59. The SMILES string of the molecule is CNC(=O)c1cc(CBr)on1. The summed E-state index contributed by atoms with van der Waals surface area (Å²) in [5, 5.41) is 6.55. The average molecular weight is 219 g/mol. The molecule has 0 saturated heterocycles. The lowest BCUT2D eigenvalue weighted by Crippen LogP contribution is -2.17. The molecule has 1 amide bonds. The number of nitrogens with zero attached hydrogens (tertiary/aromatic N) is 1. The quantitative estimate of drug-likeness (QED) is 0.752. The van der Waals surface area contributed by atoms with Gasteiger partial charge in [0.25, 0.3) is 5.91 Å². The number of carbonyl (C=O) groups excluding carboxylic acids is 1. The van der Waals surface area contributed by atoms with Gasteiger partial charge in [-0.1, -0.05) is 21.1 Å². The van der Waals surface area contributed by atoms with Crippen LogP contribution in [-0.2, 0) is 5.33 Å². The fraction of sp³-hybridized carbons (Fsp3) is 0.333. The first kappa shape index (κ1) is 8.26. The highest BCUT2D eigenvalue weighted by atomic mass is 79.9. The maximum atomic E-state index is 10.9. The van der Waals surface area contributed by atoms with E-state index in [2.05, 4.69) is 26.4 Å². The van der Waals surface area contributed by atoms with Gasteiger partial charge in [0, 0.05) is 13.1 Å². The van der Waals surface area contributed by atoms with Crippen LogP contribution in [0, 0.1) is 0 Å². The number of hydrogen-bond donors (Lipinski definition) is 1. The molecule has 11 heavy (non-hydrogen) atoms. The molecule has 5 heteroatoms. The topological polar surface area (TPSA) is 55.1 Å². The van der Waals surface area contributed by atoms with Crippen molar-refractivity contribution >= 4 is 21.8 Å². The summed E-state index contributed by atoms with van der Waals surface area (Å²) in [7, 11) is 1.55. The second-order valence-electron chi connectivity index (χ2n) is 1.89. The predicted octanol–water partition coefficient (Wildman–Crippen LogP) is 0.929. The maximum Gasteiger partial charge on any atom is 0.273 e. The Morgan fingerprint density at radius 1 is 1.91 bits per heavy atom. The summed E-state index contributed by atoms with van der Waals surface area (Å²) in [4.78, 5) is 10.9. The minimum absolute atomic E-state index is 0.235. The number of halogens is 1. The number of carbonyl (C=O) groups is 1. The summed E-state index contributed by atoms with van der Waals surface area (Å²) in [5.74, 6) is 0.407. The van der Waals surface area contributed by atoms with Crippen LogP contribution in [0.15, 0.2) is 10.6 Å². The minimum atomic E-state index is -0.235. The highest BCUT2D eigenvalue weighted by Crippen LogP contribution is 2.06. The van der Waals surface area contributed by atoms with Crippen molar-refractivity contribution in [1.29, 1.82) is 0 Å². The van der Waals surface area contributed by atoms with E-state index < -0.39 is 0 Å². The van der Waals surface area contributed by atoms with Gasteiger partial charge in [0.05, 0.1) is 5.33 Å². The van der Waals surface area contributed by atoms with Gasteiger partial charge >= 0.3 is 0 Å². The Kier molecular flexibility index (Phi) is 2.64. The highest BCUT2D eigenvalue weighted by Gasteiger charge is 2.08. The number of alkyl halides is 1. The molecule has 1 N–H and O–H groups in total. The Hall–Kier alpha value is -0.840. The Morgan fingerprint density at radius 2 is 2.64 bits per heavy atom. The van der Waals surface area contributed by atoms with Crippen molar-refractivity contribution in [1.82, 2.24) is 10.5 Å². The molecule has 0 bridgehead atoms. The Morgan fingerprint density at radius 3 is 3.09 bits per heavy atom. The van der Waals surface area contributed by atoms with Crippen LogP contribution in [0.5, 0.6) is 0 Å². The van der Waals surface area contributed by atoms with Crippen LogP contribution < -0.4 is 5.32 Å². The summed E-state index contributed by atoms with van der Waals surface area (Å²) in [6.45, 7) is 0. The fourth-order valence-electron chi connectivity index (χ4n) is 0.611. The molecule has 1 aromatic rings. The predicted molar refractivity (Wildman–Crippen MR) is 42.5 cm³/mol. The molecule has 0 radical (unpaired) electrons. The molecule has 0 aliphatic carbocycles. The van der Waals surface area contributed by atoms with E-state index in [1.165, 1.54) is 0 Å². The largest absolute Gasteiger partial charge is 0.360 e. The van der Waals surface area contributed by atoms with E-state index in [9.17, 15) is 4.79 Å². The van der Waals surface area contributed by atoms with Gasteiger partial charge in [0.1, 0.15) is 5.76 Å². The van der Waals surface area contributed by atoms with Gasteiger partial charge in [-0.3, -0.25) is 4.79 Å². The number of aromatic nitrogens is 1. The van der Waals surface area contributed by atoms with Gasteiger partial charge in [-0.15, -0.1) is 0 Å². The van der Waals surface area contributed by atoms with E-state index in [0.29, 0.717) is 16.8 Å². The van der Waals surface area contributed by atoms with Crippen molar-refractivity contribution in [2.24, 2.45) is 0 Å². The second-order valence-corrected chi connectivity index (χ2v) is 2.45. The van der Waals surface area contributed by atoms with E-state index in [4.69, 9.17) is 4.52 Å². The monoisotopic (exact) mass is 218 g/mol. The zero-order valence-corrected chi connectivity index (χ0v) is 7.51. The van der Waals surface area contributed by atoms with Crippen molar-refractivity contribution in [3.05, 3.63) is 17.5 Å². The molecular weight excluding hydrogens is 212 g/mol. The molecule has 1 aromatic heterocycles. The van der Waals surface area contributed by atoms with E-state index in [1.807, 2.05) is 0 Å². The third-order valence-electron chi connectivity index (χ3n) is 1.15. The lowest BCUT2D eigenvalue weighted by molar-refractivity contribution is 0.0954. The molecule has 4 nitrogen and oxygen atoms in total. The van der Waals surface area contributed by atoms with Crippen molar-refractivity contribution in [2.75, 3.05) is 7.05 Å². The number of amides is 1. The lowest BCUT2D eigenvalue weighted by atomic mass is 10.4. The molecule has 60 valence electrons. The summed E-state index contributed by atoms with van der Waals surface area (Å²) >= 11 is 3.18. The fourth-order valence-corrected chi connectivity index (χ4v) is 0.875. The highest BCUT2D eigenvalue weighted by molar-refractivity contribution is 9.08. The van der Waals surface area contributed by atoms with Crippen molar-refractivity contribution in [3.63, 3.8) is 0 Å². The molecule has 1 heterocycles. The molecule has 0 aliphatic heterocycles. The Bertz CT molecular complexity index is 259. The van der Waals surface area contributed by atoms with Crippen LogP contribution in [-0.4, -0.2) is 18.1 Å². The number of nitrogens with one attached hydrogen (secondary N) is 1. The van der Waals surface area contributed by atoms with Gasteiger partial charge in [0.2, 0.25) is 0 Å². The van der Waals surface area contributed by atoms with Gasteiger partial charge < -0.3 is 9.84 Å². The standard InChI is InChI=1S/C6H7BrN2O2/c1-8-6(10)5-2-4(3-7)11-9-5/h2H,3H2,1H3,(H,8,10). The first-order valence-electron chi connectivity index (χ1n) is 3.01. The molecule has 0 aliphatic rings. The summed E-state index contributed by atoms with van der Waals surface area (Å²) in [5.41, 5.74) is 0.307. The molecular formula is C6H7BrN2O2. The summed E-state index contributed by atoms with van der Waals surface area (Å²) < 4.78 is 4.78. The van der Waals surface area contributed by atoms with E-state index in [0.717, 1.165) is 0 Å². The van der Waals surface area contributed by atoms with Crippen LogP contribution in [0.25, 0.3) is 0 Å². The van der Waals surface area contributed by atoms with Gasteiger partial charge in [-0.2, -0.15) is 0 Å². The maximum absolute atomic E-state index is 10.9. The molecule has 0 aromatic carbocycles. The van der Waals surface area contributed by atoms with Gasteiger partial charge in [-0.25, -0.2) is 0 Å². The third-order valence-corrected chi connectivity index (χ3v) is 1.70. The van der Waals surface area contributed by atoms with Crippen molar-refractivity contribution < 1.29 is 9.32 Å². The second kappa shape index (κ2) is 3.52. The molecule has 0 fully saturated rings. The van der Waals surface area contributed by atoms with E-state index in [1.54, 1.807) is 13.1 Å². The number of rotatable bonds is 2. The first-order valence-corrected chi connectivity index (χ1v) is 4.13. The number of hydrogen-bond acceptors (Lipinski definition) is 3. The Labute approximate surface area is 72.1 Å². The minimum Gasteiger partial charge on any atom is -0.360 e. The van der Waals surface area contributed by atoms with Gasteiger partial charge in [-0.05, 0) is 0 Å². The molecule has 0 atom stereocenters. The lowest BCUT2D eigenvalue weighted by Gasteiger charge is -1.88. The first-order chi connectivity index (χ1) is 5.27. The molecule has 0 spiro atoms. The van der Waals surface area contributed by atoms with Crippen LogP contribution in [0.2, 0.25) is 0 Å². The van der Waals surface area contributed by atoms with Crippen LogP contribution in [0.3, 0.4) is 0 Å². The van der Waals surface area contributed by atoms with Crippen LogP contribution in [0.1, 0.15) is 16.2 Å². The van der Waals surface area contributed by atoms with Crippen LogP contribution in [0.4, 0.5) is 0 Å². The van der Waals surface area contributed by atoms with E-state index in [-0.39, 0.29) is 5.91 Å². The van der Waals surface area contributed by atoms with Crippen molar-refractivity contribution in [3.8, 4) is 0 Å². The summed E-state index contributed by atoms with van der Waals surface area (Å²) in [6.07, 6.45) is 0. The molecule has 0 unspecified atom stereocenters. The van der Waals surface area contributed by atoms with E-state index >= 15 is 0 Å². The molecule has 1 rings (SSSR count). The average Bonchev–Trinajstić information content (AvgIpc) is 2.50. The zero-order valence-electron chi connectivity index (χ0n) is 5.93. The van der Waals surface area contributed by atoms with Gasteiger partial charge in [0.15, 0.2) is 5.69 Å². The zero-order chi connectivity index (χ0) is 8.27. The Balaban J connectivity index is 2.80. The third kappa shape index (κ3) is 1.80. The molecule has 0 saturated carbocycles. The normalized spacial score (nSPS) is 9.64.